The van der Waals surface area contributed by atoms with E-state index >= 15 is 0 Å². The van der Waals surface area contributed by atoms with Crippen LogP contribution < -0.4 is 10.1 Å². The van der Waals surface area contributed by atoms with Gasteiger partial charge in [0.05, 0.1) is 6.54 Å². The molecule has 20 heavy (non-hydrogen) atoms. The van der Waals surface area contributed by atoms with Crippen molar-refractivity contribution in [1.29, 1.82) is 0 Å². The molecule has 1 N–H and O–H groups in total. The predicted molar refractivity (Wildman–Crippen MR) is 74.4 cm³/mol. The van der Waals surface area contributed by atoms with E-state index in [0.717, 1.165) is 11.3 Å². The van der Waals surface area contributed by atoms with Gasteiger partial charge in [0.25, 0.3) is 0 Å². The molecular formula is C15H12ClF2NO. The van der Waals surface area contributed by atoms with Crippen molar-refractivity contribution in [2.75, 3.05) is 11.9 Å². The maximum Gasteiger partial charge on any atom is 0.149 e. The summed E-state index contributed by atoms with van der Waals surface area (Å²) in [7, 11) is 0. The van der Waals surface area contributed by atoms with E-state index in [0.29, 0.717) is 18.0 Å². The molecule has 0 radical (unpaired) electrons. The molecular weight excluding hydrogens is 284 g/mol. The molecule has 0 saturated carbocycles. The van der Waals surface area contributed by atoms with Gasteiger partial charge < -0.3 is 10.1 Å². The Balaban J connectivity index is 1.67. The number of rotatable bonds is 3. The molecule has 104 valence electrons. The van der Waals surface area contributed by atoms with Crippen molar-refractivity contribution in [3.63, 3.8) is 0 Å². The van der Waals surface area contributed by atoms with Crippen molar-refractivity contribution in [2.45, 2.75) is 12.5 Å². The molecule has 5 heteroatoms. The van der Waals surface area contributed by atoms with Gasteiger partial charge in [0.1, 0.15) is 29.2 Å². The van der Waals surface area contributed by atoms with Gasteiger partial charge in [-0.05, 0) is 35.9 Å². The third kappa shape index (κ3) is 2.56. The molecule has 0 aliphatic carbocycles. The van der Waals surface area contributed by atoms with Gasteiger partial charge in [-0.2, -0.15) is 0 Å². The Labute approximate surface area is 120 Å². The third-order valence-corrected chi connectivity index (χ3v) is 3.47. The lowest BCUT2D eigenvalue weighted by Crippen LogP contribution is -2.24. The van der Waals surface area contributed by atoms with Gasteiger partial charge in [0, 0.05) is 11.4 Å². The van der Waals surface area contributed by atoms with Crippen molar-refractivity contribution in [3.8, 4) is 5.75 Å². The van der Waals surface area contributed by atoms with E-state index in [1.165, 1.54) is 18.2 Å². The summed E-state index contributed by atoms with van der Waals surface area (Å²) in [5, 5.41) is 3.42. The fourth-order valence-electron chi connectivity index (χ4n) is 2.29. The van der Waals surface area contributed by atoms with Crippen LogP contribution >= 0.6 is 11.6 Å². The van der Waals surface area contributed by atoms with Gasteiger partial charge in [-0.15, -0.1) is 0 Å². The predicted octanol–water partition coefficient (Wildman–Crippen LogP) is 4.03. The number of fused-ring (bicyclic) bond motifs is 1. The summed E-state index contributed by atoms with van der Waals surface area (Å²) in [4.78, 5) is 0. The van der Waals surface area contributed by atoms with E-state index in [1.54, 1.807) is 12.1 Å². The van der Waals surface area contributed by atoms with Crippen molar-refractivity contribution < 1.29 is 13.5 Å². The number of hydrogen-bond acceptors (Lipinski definition) is 2. The SMILES string of the molecule is Fc1cccc(F)c1NCC1Cc2cc(Cl)ccc2O1. The van der Waals surface area contributed by atoms with Crippen LogP contribution in [-0.4, -0.2) is 12.6 Å². The van der Waals surface area contributed by atoms with Crippen LogP contribution in [-0.2, 0) is 6.42 Å². The Morgan fingerprint density at radius 1 is 1.20 bits per heavy atom. The fraction of sp³-hybridized carbons (Fsp3) is 0.200. The molecule has 2 nitrogen and oxygen atoms in total. The summed E-state index contributed by atoms with van der Waals surface area (Å²) < 4.78 is 32.7. The average molecular weight is 296 g/mol. The summed E-state index contributed by atoms with van der Waals surface area (Å²) in [6, 6.07) is 9.18. The summed E-state index contributed by atoms with van der Waals surface area (Å²) in [5.74, 6) is -0.442. The summed E-state index contributed by atoms with van der Waals surface area (Å²) in [6.07, 6.45) is 0.501. The number of halogens is 3. The van der Waals surface area contributed by atoms with Gasteiger partial charge in [-0.1, -0.05) is 17.7 Å². The first kappa shape index (κ1) is 13.2. The highest BCUT2D eigenvalue weighted by Crippen LogP contribution is 2.31. The number of ether oxygens (including phenoxy) is 1. The summed E-state index contributed by atoms with van der Waals surface area (Å²) >= 11 is 5.92. The Morgan fingerprint density at radius 2 is 1.95 bits per heavy atom. The minimum Gasteiger partial charge on any atom is -0.488 e. The van der Waals surface area contributed by atoms with E-state index in [1.807, 2.05) is 6.07 Å². The van der Waals surface area contributed by atoms with Crippen LogP contribution in [0.15, 0.2) is 36.4 Å². The number of anilines is 1. The first-order chi connectivity index (χ1) is 9.63. The Hall–Kier alpha value is -1.81. The molecule has 1 unspecified atom stereocenters. The first-order valence-electron chi connectivity index (χ1n) is 6.26. The number of nitrogens with one attached hydrogen (secondary N) is 1. The van der Waals surface area contributed by atoms with Crippen LogP contribution in [0, 0.1) is 11.6 Å². The Kier molecular flexibility index (Phi) is 3.49. The second-order valence-corrected chi connectivity index (χ2v) is 5.11. The molecule has 1 atom stereocenters. The maximum atomic E-state index is 13.5. The van der Waals surface area contributed by atoms with Crippen LogP contribution in [0.4, 0.5) is 14.5 Å². The largest absolute Gasteiger partial charge is 0.488 e. The van der Waals surface area contributed by atoms with Crippen molar-refractivity contribution in [3.05, 3.63) is 58.6 Å². The molecule has 0 amide bonds. The second-order valence-electron chi connectivity index (χ2n) is 4.67. The molecule has 0 spiro atoms. The zero-order chi connectivity index (χ0) is 14.1. The zero-order valence-corrected chi connectivity index (χ0v) is 11.3. The highest BCUT2D eigenvalue weighted by molar-refractivity contribution is 6.30. The molecule has 0 aromatic heterocycles. The molecule has 3 rings (SSSR count). The van der Waals surface area contributed by atoms with E-state index in [-0.39, 0.29) is 11.8 Å². The van der Waals surface area contributed by atoms with E-state index in [9.17, 15) is 8.78 Å². The Morgan fingerprint density at radius 3 is 2.70 bits per heavy atom. The standard InChI is InChI=1S/C15H12ClF2NO/c16-10-4-5-14-9(6-10)7-11(20-14)8-19-15-12(17)2-1-3-13(15)18/h1-6,11,19H,7-8H2. The molecule has 1 aliphatic rings. The normalized spacial score (nSPS) is 16.6. The van der Waals surface area contributed by atoms with Gasteiger partial charge in [-0.25, -0.2) is 8.78 Å². The topological polar surface area (TPSA) is 21.3 Å². The Bertz CT molecular complexity index is 628. The van der Waals surface area contributed by atoms with Crippen LogP contribution in [0.2, 0.25) is 5.02 Å². The summed E-state index contributed by atoms with van der Waals surface area (Å²) in [6.45, 7) is 0.324. The molecule has 0 bridgehead atoms. The lowest BCUT2D eigenvalue weighted by molar-refractivity contribution is 0.246. The molecule has 0 fully saturated rings. The average Bonchev–Trinajstić information content (AvgIpc) is 2.80. The quantitative estimate of drug-likeness (QED) is 0.923. The third-order valence-electron chi connectivity index (χ3n) is 3.23. The maximum absolute atomic E-state index is 13.5. The van der Waals surface area contributed by atoms with Crippen LogP contribution in [0.25, 0.3) is 0 Å². The smallest absolute Gasteiger partial charge is 0.149 e. The van der Waals surface area contributed by atoms with Gasteiger partial charge >= 0.3 is 0 Å². The van der Waals surface area contributed by atoms with E-state index in [4.69, 9.17) is 16.3 Å². The van der Waals surface area contributed by atoms with Gasteiger partial charge in [0.2, 0.25) is 0 Å². The lowest BCUT2D eigenvalue weighted by atomic mass is 10.1. The minimum absolute atomic E-state index is 0.120. The van der Waals surface area contributed by atoms with Crippen molar-refractivity contribution in [2.24, 2.45) is 0 Å². The number of para-hydroxylation sites is 1. The fourth-order valence-corrected chi connectivity index (χ4v) is 2.48. The van der Waals surface area contributed by atoms with E-state index < -0.39 is 11.6 Å². The highest BCUT2D eigenvalue weighted by atomic mass is 35.5. The van der Waals surface area contributed by atoms with Crippen molar-refractivity contribution >= 4 is 17.3 Å². The van der Waals surface area contributed by atoms with Crippen LogP contribution in [0.5, 0.6) is 5.75 Å². The first-order valence-corrected chi connectivity index (χ1v) is 6.64. The number of benzene rings is 2. The minimum atomic E-state index is -0.608. The highest BCUT2D eigenvalue weighted by Gasteiger charge is 2.23. The van der Waals surface area contributed by atoms with Crippen LogP contribution in [0.1, 0.15) is 5.56 Å². The molecule has 1 aliphatic heterocycles. The zero-order valence-electron chi connectivity index (χ0n) is 10.5. The molecule has 2 aromatic rings. The number of hydrogen-bond donors (Lipinski definition) is 1. The van der Waals surface area contributed by atoms with Gasteiger partial charge in [0.15, 0.2) is 0 Å². The molecule has 0 saturated heterocycles. The molecule has 2 aromatic carbocycles. The van der Waals surface area contributed by atoms with Gasteiger partial charge in [-0.3, -0.25) is 0 Å². The second kappa shape index (κ2) is 5.29. The lowest BCUT2D eigenvalue weighted by Gasteiger charge is -2.13. The summed E-state index contributed by atoms with van der Waals surface area (Å²) in [5.41, 5.74) is 0.892. The van der Waals surface area contributed by atoms with Crippen molar-refractivity contribution in [1.82, 2.24) is 0 Å². The molecule has 1 heterocycles. The van der Waals surface area contributed by atoms with E-state index in [2.05, 4.69) is 5.32 Å². The van der Waals surface area contributed by atoms with Crippen LogP contribution in [0.3, 0.4) is 0 Å². The monoisotopic (exact) mass is 295 g/mol.